The quantitative estimate of drug-likeness (QED) is 0.863. The molecule has 1 aromatic rings. The van der Waals surface area contributed by atoms with Gasteiger partial charge >= 0.3 is 0 Å². The Balaban J connectivity index is 1.44. The van der Waals surface area contributed by atoms with Crippen LogP contribution in [0.2, 0.25) is 0 Å². The zero-order chi connectivity index (χ0) is 17.0. The fourth-order valence-electron chi connectivity index (χ4n) is 3.43. The molecular formula is C19H28N2O3. The highest BCUT2D eigenvalue weighted by molar-refractivity contribution is 5.77. The van der Waals surface area contributed by atoms with Crippen LogP contribution < -0.4 is 10.1 Å². The SMILES string of the molecule is CC(C)(CNC(=O)COc1ccc2c(c1)CCC2)N1CCOCC1. The summed E-state index contributed by atoms with van der Waals surface area (Å²) in [6.07, 6.45) is 3.50. The second-order valence-electron chi connectivity index (χ2n) is 7.26. The van der Waals surface area contributed by atoms with E-state index in [4.69, 9.17) is 9.47 Å². The number of morpholine rings is 1. The number of nitrogens with zero attached hydrogens (tertiary/aromatic N) is 1. The Kier molecular flexibility index (Phi) is 5.41. The van der Waals surface area contributed by atoms with Crippen LogP contribution >= 0.6 is 0 Å². The molecule has 0 unspecified atom stereocenters. The van der Waals surface area contributed by atoms with E-state index in [2.05, 4.69) is 36.2 Å². The third kappa shape index (κ3) is 4.28. The number of carbonyl (C=O) groups excluding carboxylic acids is 1. The molecule has 0 bridgehead atoms. The first-order valence-electron chi connectivity index (χ1n) is 8.89. The molecule has 1 aliphatic heterocycles. The number of hydrogen-bond donors (Lipinski definition) is 1. The molecule has 1 N–H and O–H groups in total. The highest BCUT2D eigenvalue weighted by Gasteiger charge is 2.28. The Morgan fingerprint density at radius 1 is 1.25 bits per heavy atom. The van der Waals surface area contributed by atoms with Crippen molar-refractivity contribution >= 4 is 5.91 Å². The van der Waals surface area contributed by atoms with E-state index in [0.29, 0.717) is 6.54 Å². The number of rotatable bonds is 6. The monoisotopic (exact) mass is 332 g/mol. The van der Waals surface area contributed by atoms with Gasteiger partial charge < -0.3 is 14.8 Å². The Morgan fingerprint density at radius 2 is 2.00 bits per heavy atom. The molecule has 1 aliphatic carbocycles. The molecule has 1 heterocycles. The van der Waals surface area contributed by atoms with Crippen LogP contribution in [0.5, 0.6) is 5.75 Å². The summed E-state index contributed by atoms with van der Waals surface area (Å²) in [5.41, 5.74) is 2.70. The van der Waals surface area contributed by atoms with Crippen molar-refractivity contribution in [2.45, 2.75) is 38.6 Å². The van der Waals surface area contributed by atoms with Gasteiger partial charge in [-0.1, -0.05) is 6.07 Å². The Hall–Kier alpha value is -1.59. The maximum absolute atomic E-state index is 12.1. The van der Waals surface area contributed by atoms with Gasteiger partial charge in [0.25, 0.3) is 5.91 Å². The van der Waals surface area contributed by atoms with Crippen LogP contribution in [0.1, 0.15) is 31.4 Å². The van der Waals surface area contributed by atoms with Crippen LogP contribution in [0.15, 0.2) is 18.2 Å². The van der Waals surface area contributed by atoms with Gasteiger partial charge in [-0.05, 0) is 56.4 Å². The number of hydrogen-bond acceptors (Lipinski definition) is 4. The molecule has 1 saturated heterocycles. The first-order valence-corrected chi connectivity index (χ1v) is 8.89. The number of aryl methyl sites for hydroxylation is 2. The summed E-state index contributed by atoms with van der Waals surface area (Å²) in [7, 11) is 0. The van der Waals surface area contributed by atoms with Gasteiger partial charge in [-0.2, -0.15) is 0 Å². The predicted molar refractivity (Wildman–Crippen MR) is 93.4 cm³/mol. The van der Waals surface area contributed by atoms with Crippen LogP contribution in [0.25, 0.3) is 0 Å². The van der Waals surface area contributed by atoms with Crippen molar-refractivity contribution in [3.8, 4) is 5.75 Å². The lowest BCUT2D eigenvalue weighted by atomic mass is 10.0. The summed E-state index contributed by atoms with van der Waals surface area (Å²) in [5, 5.41) is 3.00. The van der Waals surface area contributed by atoms with E-state index in [0.717, 1.165) is 44.9 Å². The topological polar surface area (TPSA) is 50.8 Å². The normalized spacial score (nSPS) is 18.2. The number of benzene rings is 1. The number of nitrogens with one attached hydrogen (secondary N) is 1. The molecule has 0 atom stereocenters. The zero-order valence-electron chi connectivity index (χ0n) is 14.8. The van der Waals surface area contributed by atoms with Crippen LogP contribution in [0, 0.1) is 0 Å². The minimum atomic E-state index is -0.0764. The molecule has 132 valence electrons. The van der Waals surface area contributed by atoms with Crippen LogP contribution in [0.3, 0.4) is 0 Å². The molecule has 0 spiro atoms. The largest absolute Gasteiger partial charge is 0.484 e. The third-order valence-corrected chi connectivity index (χ3v) is 5.03. The highest BCUT2D eigenvalue weighted by atomic mass is 16.5. The first kappa shape index (κ1) is 17.2. The Labute approximate surface area is 144 Å². The predicted octanol–water partition coefficient (Wildman–Crippen LogP) is 1.78. The van der Waals surface area contributed by atoms with Crippen molar-refractivity contribution in [1.82, 2.24) is 10.2 Å². The van der Waals surface area contributed by atoms with Crippen molar-refractivity contribution < 1.29 is 14.3 Å². The molecule has 1 aromatic carbocycles. The molecule has 1 amide bonds. The Morgan fingerprint density at radius 3 is 2.79 bits per heavy atom. The summed E-state index contributed by atoms with van der Waals surface area (Å²) in [6.45, 7) is 8.33. The van der Waals surface area contributed by atoms with Crippen molar-refractivity contribution in [3.63, 3.8) is 0 Å². The maximum atomic E-state index is 12.1. The van der Waals surface area contributed by atoms with E-state index in [-0.39, 0.29) is 18.1 Å². The van der Waals surface area contributed by atoms with Crippen LogP contribution in [-0.2, 0) is 22.4 Å². The van der Waals surface area contributed by atoms with E-state index in [1.165, 1.54) is 17.5 Å². The number of ether oxygens (including phenoxy) is 2. The molecule has 24 heavy (non-hydrogen) atoms. The Bertz CT molecular complexity index is 580. The minimum Gasteiger partial charge on any atom is -0.484 e. The van der Waals surface area contributed by atoms with Gasteiger partial charge in [0.05, 0.1) is 13.2 Å². The van der Waals surface area contributed by atoms with E-state index in [1.807, 2.05) is 6.07 Å². The summed E-state index contributed by atoms with van der Waals surface area (Å²) >= 11 is 0. The standard InChI is InChI=1S/C19H28N2O3/c1-19(2,21-8-10-23-11-9-21)14-20-18(22)13-24-17-7-6-15-4-3-5-16(15)12-17/h6-7,12H,3-5,8-11,13-14H2,1-2H3,(H,20,22). The molecule has 3 rings (SSSR count). The molecule has 2 aliphatic rings. The fourth-order valence-corrected chi connectivity index (χ4v) is 3.43. The number of carbonyl (C=O) groups is 1. The highest BCUT2D eigenvalue weighted by Crippen LogP contribution is 2.25. The third-order valence-electron chi connectivity index (χ3n) is 5.03. The van der Waals surface area contributed by atoms with Gasteiger partial charge in [0.15, 0.2) is 6.61 Å². The molecule has 1 fully saturated rings. The number of amides is 1. The second kappa shape index (κ2) is 7.53. The zero-order valence-corrected chi connectivity index (χ0v) is 14.8. The number of fused-ring (bicyclic) bond motifs is 1. The van der Waals surface area contributed by atoms with E-state index >= 15 is 0 Å². The smallest absolute Gasteiger partial charge is 0.258 e. The molecule has 0 saturated carbocycles. The van der Waals surface area contributed by atoms with Crippen molar-refractivity contribution in [3.05, 3.63) is 29.3 Å². The average molecular weight is 332 g/mol. The molecule has 0 aromatic heterocycles. The summed E-state index contributed by atoms with van der Waals surface area (Å²) in [4.78, 5) is 14.5. The van der Waals surface area contributed by atoms with Gasteiger partial charge in [0.2, 0.25) is 0 Å². The lowest BCUT2D eigenvalue weighted by Crippen LogP contribution is -2.55. The average Bonchev–Trinajstić information content (AvgIpc) is 3.07. The summed E-state index contributed by atoms with van der Waals surface area (Å²) in [6, 6.07) is 6.17. The lowest BCUT2D eigenvalue weighted by Gasteiger charge is -2.40. The van der Waals surface area contributed by atoms with Gasteiger partial charge in [-0.25, -0.2) is 0 Å². The molecule has 0 radical (unpaired) electrons. The van der Waals surface area contributed by atoms with Gasteiger partial charge in [0.1, 0.15) is 5.75 Å². The lowest BCUT2D eigenvalue weighted by molar-refractivity contribution is -0.123. The van der Waals surface area contributed by atoms with Crippen molar-refractivity contribution in [2.24, 2.45) is 0 Å². The molecular weight excluding hydrogens is 304 g/mol. The van der Waals surface area contributed by atoms with Gasteiger partial charge in [0, 0.05) is 25.2 Å². The van der Waals surface area contributed by atoms with Gasteiger partial charge in [-0.15, -0.1) is 0 Å². The fraction of sp³-hybridized carbons (Fsp3) is 0.632. The maximum Gasteiger partial charge on any atom is 0.258 e. The van der Waals surface area contributed by atoms with E-state index < -0.39 is 0 Å². The summed E-state index contributed by atoms with van der Waals surface area (Å²) in [5.74, 6) is 0.718. The molecule has 5 nitrogen and oxygen atoms in total. The van der Waals surface area contributed by atoms with Crippen LogP contribution in [-0.4, -0.2) is 55.8 Å². The summed E-state index contributed by atoms with van der Waals surface area (Å²) < 4.78 is 11.0. The van der Waals surface area contributed by atoms with Crippen molar-refractivity contribution in [1.29, 1.82) is 0 Å². The van der Waals surface area contributed by atoms with Crippen molar-refractivity contribution in [2.75, 3.05) is 39.5 Å². The second-order valence-corrected chi connectivity index (χ2v) is 7.26. The molecule has 5 heteroatoms. The van der Waals surface area contributed by atoms with E-state index in [9.17, 15) is 4.79 Å². The van der Waals surface area contributed by atoms with Crippen LogP contribution in [0.4, 0.5) is 0 Å². The first-order chi connectivity index (χ1) is 11.5. The minimum absolute atomic E-state index is 0.0674. The van der Waals surface area contributed by atoms with E-state index in [1.54, 1.807) is 0 Å². The van der Waals surface area contributed by atoms with Gasteiger partial charge in [-0.3, -0.25) is 9.69 Å².